The molecule has 3 rings (SSSR count). The van der Waals surface area contributed by atoms with Crippen molar-refractivity contribution in [2.45, 2.75) is 13.8 Å². The number of anilines is 2. The van der Waals surface area contributed by atoms with Gasteiger partial charge in [0.05, 0.1) is 23.9 Å². The molecule has 1 aromatic heterocycles. The smallest absolute Gasteiger partial charge is 0.257 e. The number of nitrogens with one attached hydrogen (secondary N) is 2. The second-order valence-corrected chi connectivity index (χ2v) is 6.67. The highest BCUT2D eigenvalue weighted by atomic mass is 32.1. The minimum absolute atomic E-state index is 0.142. The maximum absolute atomic E-state index is 12.5. The number of benzene rings is 2. The van der Waals surface area contributed by atoms with E-state index in [1.807, 2.05) is 13.0 Å². The van der Waals surface area contributed by atoms with Gasteiger partial charge in [-0.05, 0) is 43.3 Å². The van der Waals surface area contributed by atoms with Crippen LogP contribution >= 0.6 is 11.3 Å². The molecule has 0 aliphatic heterocycles. The Kier molecular flexibility index (Phi) is 5.56. The van der Waals surface area contributed by atoms with Gasteiger partial charge in [0.2, 0.25) is 5.91 Å². The summed E-state index contributed by atoms with van der Waals surface area (Å²) in [5, 5.41) is 6.00. The standard InChI is InChI=1S/C19H19N3O4S/c1-4-26-15-8-5-12(9-16(15)25-3)18(24)22-19-21-14-7-6-13(20-11(2)23)10-17(14)27-19/h5-10H,4H2,1-3H3,(H,20,23)(H,21,22,24). The predicted octanol–water partition coefficient (Wildman–Crippen LogP) is 3.91. The number of ether oxygens (including phenoxy) is 2. The predicted molar refractivity (Wildman–Crippen MR) is 106 cm³/mol. The fourth-order valence-corrected chi connectivity index (χ4v) is 3.41. The summed E-state index contributed by atoms with van der Waals surface area (Å²) < 4.78 is 11.6. The molecule has 3 aromatic rings. The molecule has 0 aliphatic rings. The van der Waals surface area contributed by atoms with Crippen molar-refractivity contribution < 1.29 is 19.1 Å². The summed E-state index contributed by atoms with van der Waals surface area (Å²) in [7, 11) is 1.53. The van der Waals surface area contributed by atoms with Crippen molar-refractivity contribution in [1.82, 2.24) is 4.98 Å². The van der Waals surface area contributed by atoms with E-state index in [4.69, 9.17) is 9.47 Å². The molecular weight excluding hydrogens is 366 g/mol. The van der Waals surface area contributed by atoms with E-state index in [0.717, 1.165) is 10.2 Å². The summed E-state index contributed by atoms with van der Waals surface area (Å²) >= 11 is 1.33. The number of methoxy groups -OCH3 is 1. The number of thiazole rings is 1. The number of carbonyl (C=O) groups is 2. The van der Waals surface area contributed by atoms with Gasteiger partial charge in [-0.15, -0.1) is 0 Å². The number of carbonyl (C=O) groups excluding carboxylic acids is 2. The molecule has 0 saturated heterocycles. The molecule has 2 aromatic carbocycles. The molecule has 0 bridgehead atoms. The van der Waals surface area contributed by atoms with Crippen LogP contribution < -0.4 is 20.1 Å². The van der Waals surface area contributed by atoms with Crippen LogP contribution in [0.3, 0.4) is 0 Å². The average Bonchev–Trinajstić information content (AvgIpc) is 3.03. The van der Waals surface area contributed by atoms with Crippen LogP contribution in [0.2, 0.25) is 0 Å². The third-order valence-corrected chi connectivity index (χ3v) is 4.59. The zero-order valence-electron chi connectivity index (χ0n) is 15.2. The minimum Gasteiger partial charge on any atom is -0.493 e. The van der Waals surface area contributed by atoms with Crippen molar-refractivity contribution in [2.24, 2.45) is 0 Å². The van der Waals surface area contributed by atoms with Gasteiger partial charge in [0.1, 0.15) is 0 Å². The molecule has 0 fully saturated rings. The lowest BCUT2D eigenvalue weighted by molar-refractivity contribution is -0.114. The molecule has 140 valence electrons. The van der Waals surface area contributed by atoms with E-state index in [-0.39, 0.29) is 11.8 Å². The summed E-state index contributed by atoms with van der Waals surface area (Å²) in [5.41, 5.74) is 1.87. The van der Waals surface area contributed by atoms with Gasteiger partial charge in [-0.2, -0.15) is 0 Å². The summed E-state index contributed by atoms with van der Waals surface area (Å²) in [4.78, 5) is 28.1. The van der Waals surface area contributed by atoms with E-state index in [9.17, 15) is 9.59 Å². The van der Waals surface area contributed by atoms with E-state index < -0.39 is 0 Å². The maximum Gasteiger partial charge on any atom is 0.257 e. The molecule has 0 saturated carbocycles. The Morgan fingerprint density at radius 2 is 1.93 bits per heavy atom. The van der Waals surface area contributed by atoms with Gasteiger partial charge < -0.3 is 14.8 Å². The van der Waals surface area contributed by atoms with Crippen LogP contribution in [0.25, 0.3) is 10.2 Å². The average molecular weight is 385 g/mol. The zero-order chi connectivity index (χ0) is 19.4. The van der Waals surface area contributed by atoms with Crippen molar-refractivity contribution in [1.29, 1.82) is 0 Å². The van der Waals surface area contributed by atoms with Crippen LogP contribution in [0.5, 0.6) is 11.5 Å². The van der Waals surface area contributed by atoms with Crippen molar-refractivity contribution in [2.75, 3.05) is 24.4 Å². The number of fused-ring (bicyclic) bond motifs is 1. The Hall–Kier alpha value is -3.13. The minimum atomic E-state index is -0.294. The first-order valence-electron chi connectivity index (χ1n) is 8.30. The second kappa shape index (κ2) is 8.05. The molecule has 0 unspecified atom stereocenters. The molecule has 8 heteroatoms. The topological polar surface area (TPSA) is 89.5 Å². The summed E-state index contributed by atoms with van der Waals surface area (Å²) in [6.45, 7) is 3.84. The van der Waals surface area contributed by atoms with Gasteiger partial charge in [-0.25, -0.2) is 4.98 Å². The third-order valence-electron chi connectivity index (χ3n) is 3.65. The first-order valence-corrected chi connectivity index (χ1v) is 9.12. The molecule has 27 heavy (non-hydrogen) atoms. The number of nitrogens with zero attached hydrogens (tertiary/aromatic N) is 1. The van der Waals surface area contributed by atoms with Crippen molar-refractivity contribution in [3.63, 3.8) is 0 Å². The Morgan fingerprint density at radius 1 is 1.11 bits per heavy atom. The number of amides is 2. The lowest BCUT2D eigenvalue weighted by Crippen LogP contribution is -2.12. The Bertz CT molecular complexity index is 1000. The summed E-state index contributed by atoms with van der Waals surface area (Å²) in [5.74, 6) is 0.644. The number of hydrogen-bond donors (Lipinski definition) is 2. The van der Waals surface area contributed by atoms with Gasteiger partial charge in [-0.3, -0.25) is 14.9 Å². The van der Waals surface area contributed by atoms with Gasteiger partial charge >= 0.3 is 0 Å². The second-order valence-electron chi connectivity index (χ2n) is 5.64. The first-order chi connectivity index (χ1) is 13.0. The lowest BCUT2D eigenvalue weighted by atomic mass is 10.2. The van der Waals surface area contributed by atoms with Crippen LogP contribution in [0.1, 0.15) is 24.2 Å². The van der Waals surface area contributed by atoms with Crippen molar-refractivity contribution in [3.05, 3.63) is 42.0 Å². The van der Waals surface area contributed by atoms with E-state index in [1.54, 1.807) is 30.3 Å². The van der Waals surface area contributed by atoms with E-state index in [1.165, 1.54) is 25.4 Å². The van der Waals surface area contributed by atoms with E-state index in [0.29, 0.717) is 34.5 Å². The summed E-state index contributed by atoms with van der Waals surface area (Å²) in [6.07, 6.45) is 0. The number of aromatic nitrogens is 1. The van der Waals surface area contributed by atoms with Gasteiger partial charge in [-0.1, -0.05) is 11.3 Å². The molecule has 0 atom stereocenters. The molecule has 0 aliphatic carbocycles. The van der Waals surface area contributed by atoms with Gasteiger partial charge in [0.25, 0.3) is 5.91 Å². The Morgan fingerprint density at radius 3 is 2.63 bits per heavy atom. The van der Waals surface area contributed by atoms with E-state index >= 15 is 0 Å². The normalized spacial score (nSPS) is 10.5. The molecule has 1 heterocycles. The Balaban J connectivity index is 1.80. The fourth-order valence-electron chi connectivity index (χ4n) is 2.51. The number of rotatable bonds is 6. The van der Waals surface area contributed by atoms with Crippen LogP contribution in [-0.2, 0) is 4.79 Å². The van der Waals surface area contributed by atoms with Crippen molar-refractivity contribution in [3.8, 4) is 11.5 Å². The number of hydrogen-bond acceptors (Lipinski definition) is 6. The first kappa shape index (κ1) is 18.7. The van der Waals surface area contributed by atoms with Crippen LogP contribution in [0.4, 0.5) is 10.8 Å². The summed E-state index contributed by atoms with van der Waals surface area (Å²) in [6, 6.07) is 10.4. The highest BCUT2D eigenvalue weighted by molar-refractivity contribution is 7.22. The van der Waals surface area contributed by atoms with Crippen LogP contribution in [0.15, 0.2) is 36.4 Å². The SMILES string of the molecule is CCOc1ccc(C(=O)Nc2nc3ccc(NC(C)=O)cc3s2)cc1OC. The molecule has 0 radical (unpaired) electrons. The molecule has 7 nitrogen and oxygen atoms in total. The van der Waals surface area contributed by atoms with Gasteiger partial charge in [0, 0.05) is 18.2 Å². The van der Waals surface area contributed by atoms with E-state index in [2.05, 4.69) is 15.6 Å². The quantitative estimate of drug-likeness (QED) is 0.671. The highest BCUT2D eigenvalue weighted by Gasteiger charge is 2.13. The lowest BCUT2D eigenvalue weighted by Gasteiger charge is -2.10. The van der Waals surface area contributed by atoms with Crippen molar-refractivity contribution >= 4 is 44.2 Å². The largest absolute Gasteiger partial charge is 0.493 e. The molecule has 0 spiro atoms. The Labute approximate surface area is 160 Å². The molecule has 2 N–H and O–H groups in total. The highest BCUT2D eigenvalue weighted by Crippen LogP contribution is 2.30. The zero-order valence-corrected chi connectivity index (χ0v) is 16.0. The van der Waals surface area contributed by atoms with Gasteiger partial charge in [0.15, 0.2) is 16.6 Å². The maximum atomic E-state index is 12.5. The molecule has 2 amide bonds. The third kappa shape index (κ3) is 4.35. The fraction of sp³-hybridized carbons (Fsp3) is 0.211. The van der Waals surface area contributed by atoms with Crippen LogP contribution in [0, 0.1) is 0 Å². The van der Waals surface area contributed by atoms with Crippen LogP contribution in [-0.4, -0.2) is 30.5 Å². The molecular formula is C19H19N3O4S. The monoisotopic (exact) mass is 385 g/mol.